The normalized spacial score (nSPS) is 14.5. The number of hydrogen-bond acceptors (Lipinski definition) is 6. The Bertz CT molecular complexity index is 932. The number of piperazine rings is 1. The number of nitrogens with zero attached hydrogens (tertiary/aromatic N) is 2. The average Bonchev–Trinajstić information content (AvgIpc) is 3.34. The molecule has 30 heavy (non-hydrogen) atoms. The Hall–Kier alpha value is -2.83. The van der Waals surface area contributed by atoms with Crippen molar-refractivity contribution in [3.63, 3.8) is 0 Å². The van der Waals surface area contributed by atoms with E-state index in [0.29, 0.717) is 6.42 Å². The van der Waals surface area contributed by atoms with Crippen LogP contribution in [0.4, 0.5) is 5.69 Å². The molecule has 0 spiro atoms. The molecule has 156 valence electrons. The van der Waals surface area contributed by atoms with Crippen molar-refractivity contribution in [3.8, 4) is 22.6 Å². The number of esters is 1. The van der Waals surface area contributed by atoms with Crippen molar-refractivity contribution >= 4 is 23.0 Å². The van der Waals surface area contributed by atoms with Gasteiger partial charge in [-0.05, 0) is 64.4 Å². The van der Waals surface area contributed by atoms with Crippen LogP contribution in [0.15, 0.2) is 65.4 Å². The van der Waals surface area contributed by atoms with Gasteiger partial charge in [-0.2, -0.15) is 11.3 Å². The van der Waals surface area contributed by atoms with Gasteiger partial charge in [0.05, 0.1) is 13.5 Å². The molecule has 0 radical (unpaired) electrons. The number of carbonyl (C=O) groups is 1. The molecule has 0 unspecified atom stereocenters. The van der Waals surface area contributed by atoms with E-state index >= 15 is 0 Å². The molecule has 0 saturated carbocycles. The molecule has 4 rings (SSSR count). The molecule has 2 heterocycles. The highest BCUT2D eigenvalue weighted by molar-refractivity contribution is 7.08. The van der Waals surface area contributed by atoms with Gasteiger partial charge in [0.1, 0.15) is 11.5 Å². The Kier molecular flexibility index (Phi) is 6.67. The highest BCUT2D eigenvalue weighted by atomic mass is 32.1. The summed E-state index contributed by atoms with van der Waals surface area (Å²) in [6.45, 7) is 4.56. The zero-order chi connectivity index (χ0) is 20.8. The summed E-state index contributed by atoms with van der Waals surface area (Å²) in [6.07, 6.45) is 0.455. The molecule has 0 N–H and O–H groups in total. The number of rotatable bonds is 7. The van der Waals surface area contributed by atoms with Crippen molar-refractivity contribution in [2.75, 3.05) is 44.7 Å². The predicted octanol–water partition coefficient (Wildman–Crippen LogP) is 4.89. The Labute approximate surface area is 181 Å². The Morgan fingerprint density at radius 3 is 2.17 bits per heavy atom. The highest BCUT2D eigenvalue weighted by Gasteiger charge is 2.18. The molecule has 2 aromatic carbocycles. The van der Waals surface area contributed by atoms with Crippen LogP contribution in [-0.2, 0) is 9.53 Å². The molecule has 1 aliphatic heterocycles. The molecule has 0 bridgehead atoms. The second-order valence-electron chi connectivity index (χ2n) is 7.29. The van der Waals surface area contributed by atoms with Crippen molar-refractivity contribution in [2.45, 2.75) is 6.42 Å². The second kappa shape index (κ2) is 9.78. The smallest absolute Gasteiger partial charge is 0.306 e. The summed E-state index contributed by atoms with van der Waals surface area (Å²) in [5, 5.41) is 4.23. The molecule has 0 atom stereocenters. The fraction of sp³-hybridized carbons (Fsp3) is 0.292. The Morgan fingerprint density at radius 1 is 0.900 bits per heavy atom. The number of anilines is 1. The maximum Gasteiger partial charge on any atom is 0.306 e. The minimum absolute atomic E-state index is 0.144. The molecular formula is C24H26N2O3S. The van der Waals surface area contributed by atoms with Crippen LogP contribution in [0.2, 0.25) is 0 Å². The van der Waals surface area contributed by atoms with E-state index in [0.717, 1.165) is 44.2 Å². The van der Waals surface area contributed by atoms with Gasteiger partial charge in [0.15, 0.2) is 0 Å². The van der Waals surface area contributed by atoms with E-state index in [-0.39, 0.29) is 5.97 Å². The van der Waals surface area contributed by atoms with Gasteiger partial charge in [0.25, 0.3) is 0 Å². The minimum atomic E-state index is -0.144. The molecule has 3 aromatic rings. The Balaban J connectivity index is 1.29. The topological polar surface area (TPSA) is 42.0 Å². The molecule has 0 aliphatic carbocycles. The van der Waals surface area contributed by atoms with Gasteiger partial charge >= 0.3 is 5.97 Å². The molecular weight excluding hydrogens is 396 g/mol. The summed E-state index contributed by atoms with van der Waals surface area (Å²) in [6, 6.07) is 18.6. The standard InChI is InChI=1S/C24H26N2O3S/c1-28-24(27)10-12-25-13-15-26(16-14-25)21-4-8-23(9-5-21)29-22-6-2-19(3-7-22)20-11-17-30-18-20/h2-9,11,17-18H,10,12-16H2,1H3. The zero-order valence-electron chi connectivity index (χ0n) is 17.1. The van der Waals surface area contributed by atoms with E-state index < -0.39 is 0 Å². The van der Waals surface area contributed by atoms with Crippen LogP contribution < -0.4 is 9.64 Å². The second-order valence-corrected chi connectivity index (χ2v) is 8.07. The largest absolute Gasteiger partial charge is 0.469 e. The van der Waals surface area contributed by atoms with Gasteiger partial charge in [-0.15, -0.1) is 0 Å². The third kappa shape index (κ3) is 5.20. The molecule has 1 aliphatic rings. The lowest BCUT2D eigenvalue weighted by molar-refractivity contribution is -0.141. The van der Waals surface area contributed by atoms with Crippen molar-refractivity contribution in [3.05, 3.63) is 65.4 Å². The van der Waals surface area contributed by atoms with Gasteiger partial charge in [-0.25, -0.2) is 0 Å². The lowest BCUT2D eigenvalue weighted by Crippen LogP contribution is -2.46. The van der Waals surface area contributed by atoms with Gasteiger partial charge < -0.3 is 14.4 Å². The molecule has 1 saturated heterocycles. The maximum absolute atomic E-state index is 11.3. The molecule has 1 aromatic heterocycles. The summed E-state index contributed by atoms with van der Waals surface area (Å²) in [4.78, 5) is 16.0. The van der Waals surface area contributed by atoms with E-state index in [1.165, 1.54) is 23.9 Å². The summed E-state index contributed by atoms with van der Waals surface area (Å²) in [5.41, 5.74) is 3.63. The van der Waals surface area contributed by atoms with Crippen LogP contribution in [0, 0.1) is 0 Å². The minimum Gasteiger partial charge on any atom is -0.469 e. The fourth-order valence-electron chi connectivity index (χ4n) is 3.59. The average molecular weight is 423 g/mol. The first kappa shape index (κ1) is 20.4. The SMILES string of the molecule is COC(=O)CCN1CCN(c2ccc(Oc3ccc(-c4ccsc4)cc3)cc2)CC1. The summed E-state index contributed by atoms with van der Waals surface area (Å²) >= 11 is 1.70. The first-order chi connectivity index (χ1) is 14.7. The highest BCUT2D eigenvalue weighted by Crippen LogP contribution is 2.28. The summed E-state index contributed by atoms with van der Waals surface area (Å²) in [5.74, 6) is 1.52. The van der Waals surface area contributed by atoms with Gasteiger partial charge in [-0.1, -0.05) is 12.1 Å². The van der Waals surface area contributed by atoms with Gasteiger partial charge in [0, 0.05) is 38.4 Å². The lowest BCUT2D eigenvalue weighted by atomic mass is 10.1. The Morgan fingerprint density at radius 2 is 1.57 bits per heavy atom. The van der Waals surface area contributed by atoms with Crippen molar-refractivity contribution in [2.24, 2.45) is 0 Å². The van der Waals surface area contributed by atoms with Crippen LogP contribution in [-0.4, -0.2) is 50.7 Å². The molecule has 0 amide bonds. The number of benzene rings is 2. The van der Waals surface area contributed by atoms with E-state index in [9.17, 15) is 4.79 Å². The number of ether oxygens (including phenoxy) is 2. The van der Waals surface area contributed by atoms with Gasteiger partial charge in [-0.3, -0.25) is 9.69 Å². The van der Waals surface area contributed by atoms with E-state index in [2.05, 4.69) is 50.9 Å². The zero-order valence-corrected chi connectivity index (χ0v) is 17.9. The lowest BCUT2D eigenvalue weighted by Gasteiger charge is -2.36. The number of methoxy groups -OCH3 is 1. The maximum atomic E-state index is 11.3. The number of carbonyl (C=O) groups excluding carboxylic acids is 1. The molecule has 5 nitrogen and oxygen atoms in total. The summed E-state index contributed by atoms with van der Waals surface area (Å²) < 4.78 is 10.7. The van der Waals surface area contributed by atoms with Crippen LogP contribution in [0.5, 0.6) is 11.5 Å². The summed E-state index contributed by atoms with van der Waals surface area (Å²) in [7, 11) is 1.44. The molecule has 6 heteroatoms. The molecule has 1 fully saturated rings. The van der Waals surface area contributed by atoms with E-state index in [1.54, 1.807) is 11.3 Å². The van der Waals surface area contributed by atoms with E-state index in [1.807, 2.05) is 24.3 Å². The predicted molar refractivity (Wildman–Crippen MR) is 122 cm³/mol. The quantitative estimate of drug-likeness (QED) is 0.507. The fourth-order valence-corrected chi connectivity index (χ4v) is 4.25. The third-order valence-corrected chi connectivity index (χ3v) is 6.06. The first-order valence-corrected chi connectivity index (χ1v) is 11.1. The van der Waals surface area contributed by atoms with Gasteiger partial charge in [0.2, 0.25) is 0 Å². The van der Waals surface area contributed by atoms with Crippen LogP contribution in [0.25, 0.3) is 11.1 Å². The van der Waals surface area contributed by atoms with Crippen LogP contribution in [0.3, 0.4) is 0 Å². The monoisotopic (exact) mass is 422 g/mol. The number of hydrogen-bond donors (Lipinski definition) is 0. The van der Waals surface area contributed by atoms with Crippen molar-refractivity contribution in [1.82, 2.24) is 4.90 Å². The van der Waals surface area contributed by atoms with Crippen molar-refractivity contribution in [1.29, 1.82) is 0 Å². The van der Waals surface area contributed by atoms with E-state index in [4.69, 9.17) is 9.47 Å². The van der Waals surface area contributed by atoms with Crippen molar-refractivity contribution < 1.29 is 14.3 Å². The van der Waals surface area contributed by atoms with Crippen LogP contribution >= 0.6 is 11.3 Å². The first-order valence-electron chi connectivity index (χ1n) is 10.2. The number of thiophene rings is 1. The third-order valence-electron chi connectivity index (χ3n) is 5.38. The van der Waals surface area contributed by atoms with Crippen LogP contribution in [0.1, 0.15) is 6.42 Å².